The molecule has 1 aromatic carbocycles. The molecule has 0 amide bonds. The Kier molecular flexibility index (Phi) is 5.50. The van der Waals surface area contributed by atoms with Crippen LogP contribution in [-0.2, 0) is 10.0 Å². The molecular weight excluding hydrogens is 281 g/mol. The Morgan fingerprint density at radius 1 is 1.35 bits per heavy atom. The fourth-order valence-electron chi connectivity index (χ4n) is 2.16. The van der Waals surface area contributed by atoms with Crippen molar-refractivity contribution in [3.63, 3.8) is 0 Å². The quantitative estimate of drug-likeness (QED) is 0.806. The minimum absolute atomic E-state index is 0.0175. The molecule has 0 aliphatic rings. The number of hydrogen-bond acceptors (Lipinski definition) is 4. The van der Waals surface area contributed by atoms with Crippen molar-refractivity contribution in [3.8, 4) is 0 Å². The highest BCUT2D eigenvalue weighted by Crippen LogP contribution is 2.22. The van der Waals surface area contributed by atoms with Crippen LogP contribution >= 0.6 is 0 Å². The summed E-state index contributed by atoms with van der Waals surface area (Å²) in [7, 11) is 0.0883. The SMILES string of the molecule is CCN(C(C)CN(C)C)S(=O)(=O)c1ccc(F)c(N)c1. The van der Waals surface area contributed by atoms with Crippen molar-refractivity contribution < 1.29 is 12.8 Å². The first-order chi connectivity index (χ1) is 9.20. The van der Waals surface area contributed by atoms with Gasteiger partial charge in [-0.1, -0.05) is 6.92 Å². The fourth-order valence-corrected chi connectivity index (χ4v) is 3.82. The number of sulfonamides is 1. The standard InChI is InChI=1S/C13H22FN3O2S/c1-5-17(10(2)9-16(3)4)20(18,19)11-6-7-12(14)13(15)8-11/h6-8,10H,5,9,15H2,1-4H3. The van der Waals surface area contributed by atoms with E-state index in [-0.39, 0.29) is 16.6 Å². The van der Waals surface area contributed by atoms with E-state index in [0.717, 1.165) is 12.1 Å². The summed E-state index contributed by atoms with van der Waals surface area (Å²) in [5.74, 6) is -0.617. The number of hydrogen-bond donors (Lipinski definition) is 1. The van der Waals surface area contributed by atoms with Crippen LogP contribution in [0.4, 0.5) is 10.1 Å². The van der Waals surface area contributed by atoms with E-state index in [1.54, 1.807) is 6.92 Å². The van der Waals surface area contributed by atoms with Gasteiger partial charge < -0.3 is 10.6 Å². The second-order valence-corrected chi connectivity index (χ2v) is 6.89. The number of nitrogens with zero attached hydrogens (tertiary/aromatic N) is 2. The molecule has 0 aliphatic heterocycles. The molecule has 0 saturated carbocycles. The zero-order valence-corrected chi connectivity index (χ0v) is 13.1. The van der Waals surface area contributed by atoms with Crippen LogP contribution < -0.4 is 5.73 Å². The molecule has 0 aromatic heterocycles. The first-order valence-corrected chi connectivity index (χ1v) is 7.85. The maximum atomic E-state index is 13.2. The molecule has 0 heterocycles. The Morgan fingerprint density at radius 3 is 2.40 bits per heavy atom. The molecule has 1 unspecified atom stereocenters. The van der Waals surface area contributed by atoms with E-state index in [2.05, 4.69) is 0 Å². The van der Waals surface area contributed by atoms with E-state index in [9.17, 15) is 12.8 Å². The lowest BCUT2D eigenvalue weighted by Gasteiger charge is -2.29. The maximum Gasteiger partial charge on any atom is 0.243 e. The molecule has 1 aromatic rings. The van der Waals surface area contributed by atoms with Crippen molar-refractivity contribution in [2.45, 2.75) is 24.8 Å². The van der Waals surface area contributed by atoms with Crippen molar-refractivity contribution >= 4 is 15.7 Å². The van der Waals surface area contributed by atoms with Gasteiger partial charge in [0.1, 0.15) is 5.82 Å². The lowest BCUT2D eigenvalue weighted by Crippen LogP contribution is -2.43. The van der Waals surface area contributed by atoms with E-state index < -0.39 is 15.8 Å². The van der Waals surface area contributed by atoms with Gasteiger partial charge in [0.15, 0.2) is 0 Å². The second kappa shape index (κ2) is 6.51. The van der Waals surface area contributed by atoms with Gasteiger partial charge in [-0.2, -0.15) is 4.31 Å². The van der Waals surface area contributed by atoms with E-state index in [0.29, 0.717) is 13.1 Å². The predicted octanol–water partition coefficient (Wildman–Crippen LogP) is 1.37. The predicted molar refractivity (Wildman–Crippen MR) is 78.4 cm³/mol. The lowest BCUT2D eigenvalue weighted by atomic mass is 10.3. The molecular formula is C13H22FN3O2S. The van der Waals surface area contributed by atoms with Gasteiger partial charge in [0, 0.05) is 19.1 Å². The zero-order chi connectivity index (χ0) is 15.5. The molecule has 0 spiro atoms. The molecule has 20 heavy (non-hydrogen) atoms. The van der Waals surface area contributed by atoms with Crippen LogP contribution in [0.3, 0.4) is 0 Å². The summed E-state index contributed by atoms with van der Waals surface area (Å²) in [5.41, 5.74) is 5.29. The number of halogens is 1. The van der Waals surface area contributed by atoms with E-state index >= 15 is 0 Å². The maximum absolute atomic E-state index is 13.2. The first-order valence-electron chi connectivity index (χ1n) is 6.41. The van der Waals surface area contributed by atoms with Crippen LogP contribution in [0.15, 0.2) is 23.1 Å². The number of nitrogen functional groups attached to an aromatic ring is 1. The Labute approximate surface area is 120 Å². The average Bonchev–Trinajstić information content (AvgIpc) is 2.31. The third kappa shape index (κ3) is 3.68. The summed E-state index contributed by atoms with van der Waals surface area (Å²) in [6.07, 6.45) is 0. The molecule has 0 radical (unpaired) electrons. The van der Waals surface area contributed by atoms with Gasteiger partial charge in [-0.15, -0.1) is 0 Å². The van der Waals surface area contributed by atoms with Gasteiger partial charge in [0.25, 0.3) is 0 Å². The van der Waals surface area contributed by atoms with Crippen molar-refractivity contribution in [1.29, 1.82) is 0 Å². The second-order valence-electron chi connectivity index (χ2n) is 5.00. The van der Waals surface area contributed by atoms with Crippen LogP contribution in [0.25, 0.3) is 0 Å². The van der Waals surface area contributed by atoms with Gasteiger partial charge in [-0.3, -0.25) is 0 Å². The third-order valence-corrected chi connectivity index (χ3v) is 5.09. The molecule has 1 atom stereocenters. The highest BCUT2D eigenvalue weighted by molar-refractivity contribution is 7.89. The zero-order valence-electron chi connectivity index (χ0n) is 12.3. The van der Waals surface area contributed by atoms with Gasteiger partial charge in [-0.05, 0) is 39.2 Å². The first kappa shape index (κ1) is 16.9. The summed E-state index contributed by atoms with van der Waals surface area (Å²) in [4.78, 5) is 1.94. The smallest absolute Gasteiger partial charge is 0.243 e. The Balaban J connectivity index is 3.14. The van der Waals surface area contributed by atoms with E-state index in [1.165, 1.54) is 10.4 Å². The molecule has 0 bridgehead atoms. The molecule has 5 nitrogen and oxygen atoms in total. The summed E-state index contributed by atoms with van der Waals surface area (Å²) < 4.78 is 39.7. The molecule has 2 N–H and O–H groups in total. The molecule has 0 aliphatic carbocycles. The van der Waals surface area contributed by atoms with Crippen molar-refractivity contribution in [2.24, 2.45) is 0 Å². The monoisotopic (exact) mass is 303 g/mol. The minimum Gasteiger partial charge on any atom is -0.396 e. The third-order valence-electron chi connectivity index (χ3n) is 3.01. The summed E-state index contributed by atoms with van der Waals surface area (Å²) in [6, 6.07) is 3.29. The molecule has 0 fully saturated rings. The topological polar surface area (TPSA) is 66.6 Å². The number of anilines is 1. The summed E-state index contributed by atoms with van der Waals surface area (Å²) >= 11 is 0. The molecule has 7 heteroatoms. The number of likely N-dealkylation sites (N-methyl/N-ethyl adjacent to an activating group) is 2. The Bertz CT molecular complexity index is 561. The molecule has 0 saturated heterocycles. The number of nitrogens with two attached hydrogens (primary N) is 1. The Morgan fingerprint density at radius 2 is 1.95 bits per heavy atom. The summed E-state index contributed by atoms with van der Waals surface area (Å²) in [5, 5.41) is 0. The van der Waals surface area contributed by atoms with E-state index in [1.807, 2.05) is 25.9 Å². The minimum atomic E-state index is -3.68. The van der Waals surface area contributed by atoms with E-state index in [4.69, 9.17) is 5.73 Å². The highest BCUT2D eigenvalue weighted by atomic mass is 32.2. The van der Waals surface area contributed by atoms with Crippen LogP contribution in [0.5, 0.6) is 0 Å². The average molecular weight is 303 g/mol. The fraction of sp³-hybridized carbons (Fsp3) is 0.538. The van der Waals surface area contributed by atoms with Crippen LogP contribution in [0.2, 0.25) is 0 Å². The van der Waals surface area contributed by atoms with Gasteiger partial charge in [0.2, 0.25) is 10.0 Å². The van der Waals surface area contributed by atoms with Crippen LogP contribution in [0.1, 0.15) is 13.8 Å². The van der Waals surface area contributed by atoms with Gasteiger partial charge in [0.05, 0.1) is 10.6 Å². The van der Waals surface area contributed by atoms with Crippen LogP contribution in [0, 0.1) is 5.82 Å². The van der Waals surface area contributed by atoms with Gasteiger partial charge >= 0.3 is 0 Å². The molecule has 1 rings (SSSR count). The van der Waals surface area contributed by atoms with Crippen molar-refractivity contribution in [1.82, 2.24) is 9.21 Å². The Hall–Kier alpha value is -1.18. The lowest BCUT2D eigenvalue weighted by molar-refractivity contribution is 0.271. The molecule has 114 valence electrons. The van der Waals surface area contributed by atoms with Crippen LogP contribution in [-0.4, -0.2) is 50.8 Å². The summed E-state index contributed by atoms with van der Waals surface area (Å²) in [6.45, 7) is 4.56. The van der Waals surface area contributed by atoms with Gasteiger partial charge in [-0.25, -0.2) is 12.8 Å². The highest BCUT2D eigenvalue weighted by Gasteiger charge is 2.28. The van der Waals surface area contributed by atoms with Crippen molar-refractivity contribution in [2.75, 3.05) is 32.9 Å². The normalized spacial score (nSPS) is 13.9. The largest absolute Gasteiger partial charge is 0.396 e. The van der Waals surface area contributed by atoms with Crippen molar-refractivity contribution in [3.05, 3.63) is 24.0 Å². The number of benzene rings is 1. The number of rotatable bonds is 6.